The predicted molar refractivity (Wildman–Crippen MR) is 61.8 cm³/mol. The van der Waals surface area contributed by atoms with Gasteiger partial charge < -0.3 is 20.5 Å². The number of ether oxygens (including phenoxy) is 1. The fourth-order valence-corrected chi connectivity index (χ4v) is 1.47. The van der Waals surface area contributed by atoms with Gasteiger partial charge in [0.2, 0.25) is 0 Å². The largest absolute Gasteiger partial charge is 0.480 e. The van der Waals surface area contributed by atoms with E-state index in [1.807, 2.05) is 6.92 Å². The third-order valence-corrected chi connectivity index (χ3v) is 2.86. The van der Waals surface area contributed by atoms with Gasteiger partial charge in [-0.1, -0.05) is 0 Å². The van der Waals surface area contributed by atoms with Crippen LogP contribution in [-0.4, -0.2) is 42.4 Å². The SMILES string of the molecule is COCCCC(NC(=O)NC1(C)CC1)C(=O)O. The van der Waals surface area contributed by atoms with Crippen molar-refractivity contribution < 1.29 is 19.4 Å². The van der Waals surface area contributed by atoms with E-state index in [9.17, 15) is 9.59 Å². The standard InChI is InChI=1S/C11H20N2O4/c1-11(5-6-11)13-10(16)12-8(9(14)15)4-3-7-17-2/h8H,3-7H2,1-2H3,(H,14,15)(H2,12,13,16). The first-order valence-corrected chi connectivity index (χ1v) is 5.77. The molecule has 0 aromatic heterocycles. The monoisotopic (exact) mass is 244 g/mol. The Morgan fingerprint density at radius 3 is 2.59 bits per heavy atom. The van der Waals surface area contributed by atoms with Crippen molar-refractivity contribution >= 4 is 12.0 Å². The minimum Gasteiger partial charge on any atom is -0.480 e. The van der Waals surface area contributed by atoms with Crippen LogP contribution in [0.1, 0.15) is 32.6 Å². The van der Waals surface area contributed by atoms with Crippen molar-refractivity contribution in [3.63, 3.8) is 0 Å². The first-order chi connectivity index (χ1) is 7.97. The van der Waals surface area contributed by atoms with E-state index in [2.05, 4.69) is 10.6 Å². The number of rotatable bonds is 7. The number of hydrogen-bond donors (Lipinski definition) is 3. The molecule has 0 bridgehead atoms. The molecule has 1 aliphatic carbocycles. The van der Waals surface area contributed by atoms with E-state index in [1.54, 1.807) is 7.11 Å². The molecule has 1 unspecified atom stereocenters. The Bertz CT molecular complexity index is 289. The summed E-state index contributed by atoms with van der Waals surface area (Å²) < 4.78 is 4.85. The van der Waals surface area contributed by atoms with Crippen LogP contribution in [0.5, 0.6) is 0 Å². The van der Waals surface area contributed by atoms with Gasteiger partial charge in [-0.05, 0) is 32.6 Å². The van der Waals surface area contributed by atoms with E-state index in [1.165, 1.54) is 0 Å². The highest BCUT2D eigenvalue weighted by Crippen LogP contribution is 2.33. The molecule has 0 spiro atoms. The molecule has 0 saturated heterocycles. The Labute approximate surface area is 101 Å². The number of hydrogen-bond acceptors (Lipinski definition) is 3. The minimum absolute atomic E-state index is 0.139. The fourth-order valence-electron chi connectivity index (χ4n) is 1.47. The third kappa shape index (κ3) is 5.04. The van der Waals surface area contributed by atoms with Crippen LogP contribution in [0.3, 0.4) is 0 Å². The van der Waals surface area contributed by atoms with Gasteiger partial charge >= 0.3 is 12.0 Å². The Morgan fingerprint density at radius 1 is 1.47 bits per heavy atom. The first kappa shape index (κ1) is 13.8. The molecule has 6 heteroatoms. The van der Waals surface area contributed by atoms with Gasteiger partial charge in [-0.25, -0.2) is 9.59 Å². The second-order valence-electron chi connectivity index (χ2n) is 4.68. The maximum absolute atomic E-state index is 11.5. The number of carbonyl (C=O) groups excluding carboxylic acids is 1. The number of amides is 2. The minimum atomic E-state index is -1.02. The van der Waals surface area contributed by atoms with E-state index in [0.29, 0.717) is 19.4 Å². The van der Waals surface area contributed by atoms with Gasteiger partial charge in [-0.15, -0.1) is 0 Å². The molecule has 0 radical (unpaired) electrons. The molecule has 1 rings (SSSR count). The molecular weight excluding hydrogens is 224 g/mol. The van der Waals surface area contributed by atoms with Gasteiger partial charge in [0.15, 0.2) is 0 Å². The van der Waals surface area contributed by atoms with E-state index in [-0.39, 0.29) is 5.54 Å². The summed E-state index contributed by atoms with van der Waals surface area (Å²) in [7, 11) is 1.56. The van der Waals surface area contributed by atoms with E-state index < -0.39 is 18.0 Å². The van der Waals surface area contributed by atoms with Crippen LogP contribution in [0.15, 0.2) is 0 Å². The zero-order chi connectivity index (χ0) is 12.9. The third-order valence-electron chi connectivity index (χ3n) is 2.86. The highest BCUT2D eigenvalue weighted by Gasteiger charge is 2.39. The second-order valence-corrected chi connectivity index (χ2v) is 4.68. The number of carboxylic acid groups (broad SMARTS) is 1. The van der Waals surface area contributed by atoms with E-state index in [0.717, 1.165) is 12.8 Å². The van der Waals surface area contributed by atoms with Crippen LogP contribution < -0.4 is 10.6 Å². The molecule has 1 atom stereocenters. The quantitative estimate of drug-likeness (QED) is 0.576. The zero-order valence-electron chi connectivity index (χ0n) is 10.3. The summed E-state index contributed by atoms with van der Waals surface area (Å²) in [5.74, 6) is -1.02. The maximum Gasteiger partial charge on any atom is 0.326 e. The normalized spacial score (nSPS) is 18.2. The van der Waals surface area contributed by atoms with Crippen LogP contribution >= 0.6 is 0 Å². The topological polar surface area (TPSA) is 87.7 Å². The second kappa shape index (κ2) is 5.86. The molecule has 0 aromatic rings. The smallest absolute Gasteiger partial charge is 0.326 e. The number of urea groups is 1. The Hall–Kier alpha value is -1.30. The van der Waals surface area contributed by atoms with Crippen molar-refractivity contribution in [2.45, 2.75) is 44.2 Å². The Kier molecular flexibility index (Phi) is 4.74. The number of methoxy groups -OCH3 is 1. The highest BCUT2D eigenvalue weighted by atomic mass is 16.5. The Balaban J connectivity index is 2.32. The summed E-state index contributed by atoms with van der Waals surface area (Å²) in [4.78, 5) is 22.5. The average molecular weight is 244 g/mol. The lowest BCUT2D eigenvalue weighted by Crippen LogP contribution is -2.49. The van der Waals surface area contributed by atoms with E-state index in [4.69, 9.17) is 9.84 Å². The number of nitrogens with one attached hydrogen (secondary N) is 2. The van der Waals surface area contributed by atoms with E-state index >= 15 is 0 Å². The number of carboxylic acids is 1. The van der Waals surface area contributed by atoms with Gasteiger partial charge in [0.1, 0.15) is 6.04 Å². The summed E-state index contributed by atoms with van der Waals surface area (Å²) in [6, 6.07) is -1.26. The molecule has 3 N–H and O–H groups in total. The summed E-state index contributed by atoms with van der Waals surface area (Å²) in [6.07, 6.45) is 2.86. The zero-order valence-corrected chi connectivity index (χ0v) is 10.3. The molecule has 98 valence electrons. The van der Waals surface area contributed by atoms with Crippen LogP contribution in [-0.2, 0) is 9.53 Å². The lowest BCUT2D eigenvalue weighted by atomic mass is 10.1. The van der Waals surface area contributed by atoms with Crippen LogP contribution in [0, 0.1) is 0 Å². The average Bonchev–Trinajstić information content (AvgIpc) is 2.94. The van der Waals surface area contributed by atoms with Crippen molar-refractivity contribution in [1.82, 2.24) is 10.6 Å². The number of carbonyl (C=O) groups is 2. The van der Waals surface area contributed by atoms with Crippen LogP contribution in [0.4, 0.5) is 4.79 Å². The Morgan fingerprint density at radius 2 is 2.12 bits per heavy atom. The van der Waals surface area contributed by atoms with Gasteiger partial charge in [-0.3, -0.25) is 0 Å². The van der Waals surface area contributed by atoms with Crippen molar-refractivity contribution in [2.24, 2.45) is 0 Å². The molecule has 0 aliphatic heterocycles. The lowest BCUT2D eigenvalue weighted by Gasteiger charge is -2.17. The molecule has 1 aliphatic rings. The number of aliphatic carboxylic acids is 1. The molecule has 1 fully saturated rings. The van der Waals surface area contributed by atoms with Gasteiger partial charge in [0, 0.05) is 19.3 Å². The van der Waals surface area contributed by atoms with Crippen molar-refractivity contribution in [3.05, 3.63) is 0 Å². The highest BCUT2D eigenvalue weighted by molar-refractivity contribution is 5.83. The summed E-state index contributed by atoms with van der Waals surface area (Å²) in [5, 5.41) is 14.2. The maximum atomic E-state index is 11.5. The molecule has 0 aromatic carbocycles. The fraction of sp³-hybridized carbons (Fsp3) is 0.818. The molecule has 2 amide bonds. The summed E-state index contributed by atoms with van der Waals surface area (Å²) in [5.41, 5.74) is -0.139. The van der Waals surface area contributed by atoms with Crippen molar-refractivity contribution in [1.29, 1.82) is 0 Å². The molecule has 0 heterocycles. The molecular formula is C11H20N2O4. The first-order valence-electron chi connectivity index (χ1n) is 5.77. The summed E-state index contributed by atoms with van der Waals surface area (Å²) >= 11 is 0. The van der Waals surface area contributed by atoms with Crippen LogP contribution in [0.2, 0.25) is 0 Å². The summed E-state index contributed by atoms with van der Waals surface area (Å²) in [6.45, 7) is 2.43. The predicted octanol–water partition coefficient (Wildman–Crippen LogP) is 0.718. The molecule has 17 heavy (non-hydrogen) atoms. The molecule has 6 nitrogen and oxygen atoms in total. The van der Waals surface area contributed by atoms with Crippen molar-refractivity contribution in [2.75, 3.05) is 13.7 Å². The van der Waals surface area contributed by atoms with Gasteiger partial charge in [0.25, 0.3) is 0 Å². The van der Waals surface area contributed by atoms with Crippen LogP contribution in [0.25, 0.3) is 0 Å². The van der Waals surface area contributed by atoms with Crippen molar-refractivity contribution in [3.8, 4) is 0 Å². The molecule has 1 saturated carbocycles. The van der Waals surface area contributed by atoms with Gasteiger partial charge in [-0.2, -0.15) is 0 Å². The van der Waals surface area contributed by atoms with Gasteiger partial charge in [0.05, 0.1) is 0 Å². The lowest BCUT2D eigenvalue weighted by molar-refractivity contribution is -0.139.